The van der Waals surface area contributed by atoms with Crippen LogP contribution in [0.5, 0.6) is 0 Å². The summed E-state index contributed by atoms with van der Waals surface area (Å²) in [5.41, 5.74) is 3.90. The first kappa shape index (κ1) is 18.5. The van der Waals surface area contributed by atoms with Gasteiger partial charge in [-0.05, 0) is 62.4 Å². The summed E-state index contributed by atoms with van der Waals surface area (Å²) in [7, 11) is 0. The predicted molar refractivity (Wildman–Crippen MR) is 105 cm³/mol. The highest BCUT2D eigenvalue weighted by Crippen LogP contribution is 2.21. The SMILES string of the molecule is Cc1c(C(C)NC(=O)c2ccc(-n3cncn3)cc2)cnn1-c1ccc(F)cc1. The largest absolute Gasteiger partial charge is 0.345 e. The lowest BCUT2D eigenvalue weighted by molar-refractivity contribution is 0.0940. The average molecular weight is 390 g/mol. The maximum absolute atomic E-state index is 13.2. The van der Waals surface area contributed by atoms with Gasteiger partial charge in [-0.25, -0.2) is 18.7 Å². The summed E-state index contributed by atoms with van der Waals surface area (Å²) < 4.78 is 16.5. The Hall–Kier alpha value is -3.81. The van der Waals surface area contributed by atoms with Crippen LogP contribution in [0, 0.1) is 12.7 Å². The minimum atomic E-state index is -0.297. The Morgan fingerprint density at radius 1 is 1.03 bits per heavy atom. The minimum Gasteiger partial charge on any atom is -0.345 e. The van der Waals surface area contributed by atoms with Crippen LogP contribution < -0.4 is 5.32 Å². The van der Waals surface area contributed by atoms with Gasteiger partial charge in [-0.3, -0.25) is 4.79 Å². The van der Waals surface area contributed by atoms with Crippen LogP contribution >= 0.6 is 0 Å². The highest BCUT2D eigenvalue weighted by Gasteiger charge is 2.17. The second-order valence-electron chi connectivity index (χ2n) is 6.66. The fourth-order valence-electron chi connectivity index (χ4n) is 3.15. The zero-order chi connectivity index (χ0) is 20.4. The van der Waals surface area contributed by atoms with E-state index in [9.17, 15) is 9.18 Å². The minimum absolute atomic E-state index is 0.184. The second kappa shape index (κ2) is 7.67. The van der Waals surface area contributed by atoms with Gasteiger partial charge in [0.1, 0.15) is 18.5 Å². The summed E-state index contributed by atoms with van der Waals surface area (Å²) >= 11 is 0. The maximum atomic E-state index is 13.2. The zero-order valence-electron chi connectivity index (χ0n) is 16.0. The smallest absolute Gasteiger partial charge is 0.251 e. The van der Waals surface area contributed by atoms with Gasteiger partial charge in [-0.2, -0.15) is 10.2 Å². The summed E-state index contributed by atoms with van der Waals surface area (Å²) in [6, 6.07) is 13.0. The van der Waals surface area contributed by atoms with Gasteiger partial charge in [0, 0.05) is 16.8 Å². The molecule has 29 heavy (non-hydrogen) atoms. The van der Waals surface area contributed by atoms with E-state index in [1.54, 1.807) is 46.2 Å². The molecule has 0 spiro atoms. The number of aromatic nitrogens is 5. The fourth-order valence-corrected chi connectivity index (χ4v) is 3.15. The Kier molecular flexibility index (Phi) is 4.90. The van der Waals surface area contributed by atoms with Crippen LogP contribution in [0.4, 0.5) is 4.39 Å². The molecule has 1 atom stereocenters. The van der Waals surface area contributed by atoms with Crippen LogP contribution in [-0.2, 0) is 0 Å². The third-order valence-corrected chi connectivity index (χ3v) is 4.75. The first-order valence-corrected chi connectivity index (χ1v) is 9.09. The third-order valence-electron chi connectivity index (χ3n) is 4.75. The number of hydrogen-bond acceptors (Lipinski definition) is 4. The number of carbonyl (C=O) groups excluding carboxylic acids is 1. The molecule has 1 N–H and O–H groups in total. The van der Waals surface area contributed by atoms with E-state index in [0.717, 1.165) is 22.6 Å². The van der Waals surface area contributed by atoms with Crippen molar-refractivity contribution in [2.75, 3.05) is 0 Å². The molecule has 0 bridgehead atoms. The van der Waals surface area contributed by atoms with Gasteiger partial charge in [0.2, 0.25) is 0 Å². The van der Waals surface area contributed by atoms with Crippen LogP contribution in [0.15, 0.2) is 67.4 Å². The van der Waals surface area contributed by atoms with Crippen LogP contribution in [0.1, 0.15) is 34.6 Å². The van der Waals surface area contributed by atoms with Gasteiger partial charge in [-0.15, -0.1) is 0 Å². The number of nitrogens with zero attached hydrogens (tertiary/aromatic N) is 5. The molecule has 1 unspecified atom stereocenters. The van der Waals surface area contributed by atoms with E-state index in [-0.39, 0.29) is 17.8 Å². The number of carbonyl (C=O) groups is 1. The van der Waals surface area contributed by atoms with Crippen LogP contribution in [0.3, 0.4) is 0 Å². The quantitative estimate of drug-likeness (QED) is 0.567. The molecule has 0 aliphatic rings. The van der Waals surface area contributed by atoms with Gasteiger partial charge in [-0.1, -0.05) is 0 Å². The molecule has 0 saturated heterocycles. The molecule has 2 heterocycles. The molecule has 146 valence electrons. The Labute approximate surface area is 166 Å². The van der Waals surface area contributed by atoms with Crippen molar-refractivity contribution in [2.45, 2.75) is 19.9 Å². The maximum Gasteiger partial charge on any atom is 0.251 e. The van der Waals surface area contributed by atoms with Gasteiger partial charge >= 0.3 is 0 Å². The van der Waals surface area contributed by atoms with E-state index in [1.807, 2.05) is 26.0 Å². The van der Waals surface area contributed by atoms with Crippen molar-refractivity contribution in [1.82, 2.24) is 29.9 Å². The highest BCUT2D eigenvalue weighted by atomic mass is 19.1. The average Bonchev–Trinajstić information content (AvgIpc) is 3.39. The normalized spacial score (nSPS) is 12.0. The van der Waals surface area contributed by atoms with Crippen LogP contribution in [0.2, 0.25) is 0 Å². The van der Waals surface area contributed by atoms with E-state index in [2.05, 4.69) is 20.5 Å². The van der Waals surface area contributed by atoms with Gasteiger partial charge in [0.25, 0.3) is 5.91 Å². The molecule has 2 aromatic heterocycles. The molecule has 0 radical (unpaired) electrons. The second-order valence-corrected chi connectivity index (χ2v) is 6.66. The molecule has 0 aliphatic heterocycles. The van der Waals surface area contributed by atoms with Crippen molar-refractivity contribution in [1.29, 1.82) is 0 Å². The lowest BCUT2D eigenvalue weighted by Gasteiger charge is -2.14. The summed E-state index contributed by atoms with van der Waals surface area (Å²) in [5, 5.41) is 11.4. The summed E-state index contributed by atoms with van der Waals surface area (Å²) in [4.78, 5) is 16.5. The molecular formula is C21H19FN6O. The molecule has 4 aromatic rings. The van der Waals surface area contributed by atoms with E-state index < -0.39 is 0 Å². The molecule has 2 aromatic carbocycles. The van der Waals surface area contributed by atoms with Crippen molar-refractivity contribution in [3.63, 3.8) is 0 Å². The lowest BCUT2D eigenvalue weighted by atomic mass is 10.1. The molecule has 4 rings (SSSR count). The van der Waals surface area contributed by atoms with Gasteiger partial charge in [0.15, 0.2) is 0 Å². The number of halogens is 1. The summed E-state index contributed by atoms with van der Waals surface area (Å²) in [6.45, 7) is 3.82. The fraction of sp³-hybridized carbons (Fsp3) is 0.143. The highest BCUT2D eigenvalue weighted by molar-refractivity contribution is 5.94. The van der Waals surface area contributed by atoms with Crippen molar-refractivity contribution >= 4 is 5.91 Å². The molecule has 8 heteroatoms. The number of amides is 1. The standard InChI is InChI=1S/C21H19FN6O/c1-14(20-11-24-28(15(20)2)19-9-5-17(22)6-10-19)26-21(29)16-3-7-18(8-4-16)27-13-23-12-25-27/h3-14H,1-2H3,(H,26,29). The Balaban J connectivity index is 1.48. The number of hydrogen-bond donors (Lipinski definition) is 1. The monoisotopic (exact) mass is 390 g/mol. The summed E-state index contributed by atoms with van der Waals surface area (Å²) in [6.07, 6.45) is 4.77. The molecule has 0 fully saturated rings. The Bertz CT molecular complexity index is 1120. The van der Waals surface area contributed by atoms with Crippen LogP contribution in [0.25, 0.3) is 11.4 Å². The van der Waals surface area contributed by atoms with E-state index in [1.165, 1.54) is 18.5 Å². The summed E-state index contributed by atoms with van der Waals surface area (Å²) in [5.74, 6) is -0.481. The number of nitrogens with one attached hydrogen (secondary N) is 1. The lowest BCUT2D eigenvalue weighted by Crippen LogP contribution is -2.27. The van der Waals surface area contributed by atoms with Crippen molar-refractivity contribution in [2.24, 2.45) is 0 Å². The first-order valence-electron chi connectivity index (χ1n) is 9.09. The van der Waals surface area contributed by atoms with Gasteiger partial charge in [0.05, 0.1) is 23.6 Å². The van der Waals surface area contributed by atoms with Crippen LogP contribution in [-0.4, -0.2) is 30.5 Å². The van der Waals surface area contributed by atoms with Crippen molar-refractivity contribution in [3.05, 3.63) is 90.0 Å². The number of rotatable bonds is 5. The van der Waals surface area contributed by atoms with Crippen molar-refractivity contribution < 1.29 is 9.18 Å². The first-order chi connectivity index (χ1) is 14.0. The van der Waals surface area contributed by atoms with Gasteiger partial charge < -0.3 is 5.32 Å². The Morgan fingerprint density at radius 3 is 2.38 bits per heavy atom. The molecule has 0 aliphatic carbocycles. The topological polar surface area (TPSA) is 77.6 Å². The molecule has 7 nitrogen and oxygen atoms in total. The molecular weight excluding hydrogens is 371 g/mol. The predicted octanol–water partition coefficient (Wildman–Crippen LogP) is 3.39. The Morgan fingerprint density at radius 2 is 1.72 bits per heavy atom. The number of benzene rings is 2. The van der Waals surface area contributed by atoms with Crippen molar-refractivity contribution in [3.8, 4) is 11.4 Å². The molecule has 1 amide bonds. The van der Waals surface area contributed by atoms with E-state index >= 15 is 0 Å². The third kappa shape index (κ3) is 3.77. The van der Waals surface area contributed by atoms with E-state index in [0.29, 0.717) is 5.56 Å². The zero-order valence-corrected chi connectivity index (χ0v) is 16.0. The van der Waals surface area contributed by atoms with E-state index in [4.69, 9.17) is 0 Å². The molecule has 0 saturated carbocycles.